The summed E-state index contributed by atoms with van der Waals surface area (Å²) in [5.74, 6) is 0.220. The highest BCUT2D eigenvalue weighted by atomic mass is 16.2. The van der Waals surface area contributed by atoms with E-state index in [2.05, 4.69) is 12.0 Å². The molecule has 1 aromatic carbocycles. The molecule has 0 radical (unpaired) electrons. The standard InChI is InChI=1S/C22H27N5O/c1-3-10-27-14-18(15(2)25-27)22(28)26-11-6-8-17(13-26)21-19(23)12-16-7-4-5-9-20(16)24-21/h4-5,7,9,12,14,17H,3,6,8,10-11,13,23H2,1-2H3/t17-/m0/s1. The number of benzene rings is 1. The Kier molecular flexibility index (Phi) is 5.03. The van der Waals surface area contributed by atoms with E-state index in [1.54, 1.807) is 0 Å². The third kappa shape index (κ3) is 3.46. The second-order valence-electron chi connectivity index (χ2n) is 7.64. The van der Waals surface area contributed by atoms with Crippen molar-refractivity contribution in [1.82, 2.24) is 19.7 Å². The number of aromatic nitrogens is 3. The first kappa shape index (κ1) is 18.5. The Hall–Kier alpha value is -2.89. The fraction of sp³-hybridized carbons (Fsp3) is 0.409. The Bertz CT molecular complexity index is 1010. The van der Waals surface area contributed by atoms with Gasteiger partial charge < -0.3 is 10.6 Å². The van der Waals surface area contributed by atoms with E-state index in [9.17, 15) is 4.79 Å². The van der Waals surface area contributed by atoms with Crippen LogP contribution >= 0.6 is 0 Å². The van der Waals surface area contributed by atoms with Crippen molar-refractivity contribution in [2.24, 2.45) is 0 Å². The predicted octanol–water partition coefficient (Wildman–Crippen LogP) is 3.75. The molecule has 28 heavy (non-hydrogen) atoms. The van der Waals surface area contributed by atoms with Crippen LogP contribution in [0.3, 0.4) is 0 Å². The van der Waals surface area contributed by atoms with Crippen LogP contribution in [-0.2, 0) is 6.54 Å². The molecular weight excluding hydrogens is 350 g/mol. The summed E-state index contributed by atoms with van der Waals surface area (Å²) >= 11 is 0. The lowest BCUT2D eigenvalue weighted by molar-refractivity contribution is 0.0705. The molecular formula is C22H27N5O. The lowest BCUT2D eigenvalue weighted by Gasteiger charge is -2.33. The molecule has 0 unspecified atom stereocenters. The van der Waals surface area contributed by atoms with Crippen LogP contribution in [0.5, 0.6) is 0 Å². The number of fused-ring (bicyclic) bond motifs is 1. The summed E-state index contributed by atoms with van der Waals surface area (Å²) in [6.45, 7) is 6.25. The normalized spacial score (nSPS) is 17.2. The van der Waals surface area contributed by atoms with Gasteiger partial charge in [-0.25, -0.2) is 0 Å². The number of pyridine rings is 1. The molecule has 0 aliphatic carbocycles. The third-order valence-corrected chi connectivity index (χ3v) is 5.51. The summed E-state index contributed by atoms with van der Waals surface area (Å²) in [5.41, 5.74) is 10.4. The van der Waals surface area contributed by atoms with Crippen LogP contribution in [-0.4, -0.2) is 38.7 Å². The van der Waals surface area contributed by atoms with Crippen molar-refractivity contribution in [1.29, 1.82) is 0 Å². The number of carbonyl (C=O) groups is 1. The summed E-state index contributed by atoms with van der Waals surface area (Å²) in [4.78, 5) is 19.9. The number of nitrogens with zero attached hydrogens (tertiary/aromatic N) is 4. The molecule has 6 nitrogen and oxygen atoms in total. The van der Waals surface area contributed by atoms with Gasteiger partial charge in [0.2, 0.25) is 0 Å². The average molecular weight is 377 g/mol. The van der Waals surface area contributed by atoms with Gasteiger partial charge in [0.15, 0.2) is 0 Å². The molecule has 2 aromatic heterocycles. The van der Waals surface area contributed by atoms with E-state index in [4.69, 9.17) is 10.7 Å². The highest BCUT2D eigenvalue weighted by molar-refractivity contribution is 5.95. The second-order valence-corrected chi connectivity index (χ2v) is 7.64. The van der Waals surface area contributed by atoms with Crippen molar-refractivity contribution in [2.45, 2.75) is 45.6 Å². The molecule has 1 aliphatic rings. The number of para-hydroxylation sites is 1. The molecule has 3 aromatic rings. The smallest absolute Gasteiger partial charge is 0.257 e. The van der Waals surface area contributed by atoms with Crippen LogP contribution in [0.25, 0.3) is 10.9 Å². The van der Waals surface area contributed by atoms with Gasteiger partial charge in [0.25, 0.3) is 5.91 Å². The molecule has 6 heteroatoms. The minimum atomic E-state index is 0.0592. The number of nitrogen functional groups attached to an aromatic ring is 1. The minimum absolute atomic E-state index is 0.0592. The van der Waals surface area contributed by atoms with Gasteiger partial charge >= 0.3 is 0 Å². The second kappa shape index (κ2) is 7.62. The molecule has 0 bridgehead atoms. The van der Waals surface area contributed by atoms with Crippen molar-refractivity contribution < 1.29 is 4.79 Å². The maximum absolute atomic E-state index is 13.1. The maximum atomic E-state index is 13.1. The summed E-state index contributed by atoms with van der Waals surface area (Å²) < 4.78 is 1.87. The molecule has 4 rings (SSSR count). The summed E-state index contributed by atoms with van der Waals surface area (Å²) in [6, 6.07) is 10.0. The Balaban J connectivity index is 1.58. The zero-order chi connectivity index (χ0) is 19.7. The van der Waals surface area contributed by atoms with E-state index in [1.807, 2.05) is 53.0 Å². The van der Waals surface area contributed by atoms with E-state index < -0.39 is 0 Å². The van der Waals surface area contributed by atoms with Crippen molar-refractivity contribution in [3.63, 3.8) is 0 Å². The first-order valence-corrected chi connectivity index (χ1v) is 10.0. The molecule has 1 atom stereocenters. The Morgan fingerprint density at radius 1 is 1.32 bits per heavy atom. The van der Waals surface area contributed by atoms with Crippen LogP contribution in [0.15, 0.2) is 36.5 Å². The summed E-state index contributed by atoms with van der Waals surface area (Å²) in [6.07, 6.45) is 4.82. The predicted molar refractivity (Wildman–Crippen MR) is 111 cm³/mol. The summed E-state index contributed by atoms with van der Waals surface area (Å²) in [5, 5.41) is 5.53. The monoisotopic (exact) mass is 377 g/mol. The number of piperidine rings is 1. The van der Waals surface area contributed by atoms with Gasteiger partial charge in [0.1, 0.15) is 0 Å². The first-order valence-electron chi connectivity index (χ1n) is 10.0. The fourth-order valence-electron chi connectivity index (χ4n) is 4.10. The van der Waals surface area contributed by atoms with Crippen LogP contribution in [0, 0.1) is 6.92 Å². The van der Waals surface area contributed by atoms with Crippen molar-refractivity contribution in [3.05, 3.63) is 53.5 Å². The number of likely N-dealkylation sites (tertiary alicyclic amines) is 1. The fourth-order valence-corrected chi connectivity index (χ4v) is 4.10. The molecule has 1 fully saturated rings. The Labute approximate surface area is 165 Å². The summed E-state index contributed by atoms with van der Waals surface area (Å²) in [7, 11) is 0. The molecule has 1 amide bonds. The highest BCUT2D eigenvalue weighted by Crippen LogP contribution is 2.32. The number of aryl methyl sites for hydroxylation is 2. The lowest BCUT2D eigenvalue weighted by atomic mass is 9.92. The van der Waals surface area contributed by atoms with E-state index >= 15 is 0 Å². The third-order valence-electron chi connectivity index (χ3n) is 5.51. The zero-order valence-corrected chi connectivity index (χ0v) is 16.6. The minimum Gasteiger partial charge on any atom is -0.397 e. The van der Waals surface area contributed by atoms with Crippen molar-refractivity contribution in [2.75, 3.05) is 18.8 Å². The van der Waals surface area contributed by atoms with Gasteiger partial charge in [-0.1, -0.05) is 25.1 Å². The quantitative estimate of drug-likeness (QED) is 0.751. The highest BCUT2D eigenvalue weighted by Gasteiger charge is 2.29. The molecule has 1 saturated heterocycles. The van der Waals surface area contributed by atoms with Gasteiger partial charge in [0.05, 0.1) is 28.2 Å². The molecule has 1 aliphatic heterocycles. The SMILES string of the molecule is CCCn1cc(C(=O)N2CCC[C@H](c3nc4ccccc4cc3N)C2)c(C)n1. The maximum Gasteiger partial charge on any atom is 0.257 e. The van der Waals surface area contributed by atoms with Gasteiger partial charge in [-0.15, -0.1) is 0 Å². The van der Waals surface area contributed by atoms with Crippen LogP contribution in [0.1, 0.15) is 53.8 Å². The van der Waals surface area contributed by atoms with E-state index in [-0.39, 0.29) is 11.8 Å². The van der Waals surface area contributed by atoms with Gasteiger partial charge in [-0.05, 0) is 38.3 Å². The number of amides is 1. The number of hydrogen-bond donors (Lipinski definition) is 1. The van der Waals surface area contributed by atoms with Crippen LogP contribution in [0.4, 0.5) is 5.69 Å². The average Bonchev–Trinajstić information content (AvgIpc) is 3.07. The van der Waals surface area contributed by atoms with E-state index in [1.165, 1.54) is 0 Å². The largest absolute Gasteiger partial charge is 0.397 e. The molecule has 0 spiro atoms. The Morgan fingerprint density at radius 3 is 2.96 bits per heavy atom. The van der Waals surface area contributed by atoms with Gasteiger partial charge in [-0.3, -0.25) is 14.5 Å². The van der Waals surface area contributed by atoms with Gasteiger partial charge in [0, 0.05) is 37.1 Å². The molecule has 3 heterocycles. The zero-order valence-electron chi connectivity index (χ0n) is 16.6. The first-order chi connectivity index (χ1) is 13.6. The molecule has 2 N–H and O–H groups in total. The number of nitrogens with two attached hydrogens (primary N) is 1. The number of anilines is 1. The Morgan fingerprint density at radius 2 is 2.14 bits per heavy atom. The lowest BCUT2D eigenvalue weighted by Crippen LogP contribution is -2.39. The van der Waals surface area contributed by atoms with Crippen LogP contribution < -0.4 is 5.73 Å². The van der Waals surface area contributed by atoms with Crippen molar-refractivity contribution in [3.8, 4) is 0 Å². The molecule has 146 valence electrons. The number of rotatable bonds is 4. The number of hydrogen-bond acceptors (Lipinski definition) is 4. The topological polar surface area (TPSA) is 77.0 Å². The van der Waals surface area contributed by atoms with Crippen molar-refractivity contribution >= 4 is 22.5 Å². The van der Waals surface area contributed by atoms with E-state index in [0.717, 1.165) is 54.6 Å². The molecule has 0 saturated carbocycles. The van der Waals surface area contributed by atoms with Gasteiger partial charge in [-0.2, -0.15) is 5.10 Å². The van der Waals surface area contributed by atoms with E-state index in [0.29, 0.717) is 17.8 Å². The van der Waals surface area contributed by atoms with Crippen LogP contribution in [0.2, 0.25) is 0 Å². The number of carbonyl (C=O) groups excluding carboxylic acids is 1.